The average molecular weight is 201 g/mol. The van der Waals surface area contributed by atoms with Gasteiger partial charge in [-0.15, -0.1) is 0 Å². The third-order valence-corrected chi connectivity index (χ3v) is 4.43. The Kier molecular flexibility index (Phi) is 2.28. The van der Waals surface area contributed by atoms with Crippen LogP contribution in [0.25, 0.3) is 0 Å². The molecule has 2 saturated carbocycles. The molecule has 2 aliphatic rings. The van der Waals surface area contributed by atoms with Gasteiger partial charge in [-0.2, -0.15) is 0 Å². The lowest BCUT2D eigenvalue weighted by atomic mass is 9.80. The molecule has 1 nitrogen and oxygen atoms in total. The smallest absolute Gasteiger partial charge is 0.0164 e. The Morgan fingerprint density at radius 2 is 1.80 bits per heavy atom. The van der Waals surface area contributed by atoms with E-state index in [1.807, 2.05) is 0 Å². The highest BCUT2D eigenvalue weighted by molar-refractivity contribution is 5.26. The van der Waals surface area contributed by atoms with Crippen LogP contribution in [-0.2, 0) is 0 Å². The number of fused-ring (bicyclic) bond motifs is 2. The van der Waals surface area contributed by atoms with Crippen molar-refractivity contribution in [3.8, 4) is 0 Å². The molecule has 1 aromatic carbocycles. The summed E-state index contributed by atoms with van der Waals surface area (Å²) in [5.74, 6) is 2.65. The zero-order chi connectivity index (χ0) is 10.3. The van der Waals surface area contributed by atoms with Gasteiger partial charge in [-0.25, -0.2) is 0 Å². The first-order valence-electron chi connectivity index (χ1n) is 6.12. The van der Waals surface area contributed by atoms with Crippen molar-refractivity contribution < 1.29 is 0 Å². The Morgan fingerprint density at radius 1 is 1.07 bits per heavy atom. The molecule has 0 amide bonds. The maximum Gasteiger partial charge on any atom is 0.0164 e. The highest BCUT2D eigenvalue weighted by Gasteiger charge is 2.47. The average Bonchev–Trinajstić information content (AvgIpc) is 2.89. The summed E-state index contributed by atoms with van der Waals surface area (Å²) in [7, 11) is 2.13. The zero-order valence-electron chi connectivity index (χ0n) is 9.32. The summed E-state index contributed by atoms with van der Waals surface area (Å²) >= 11 is 0. The summed E-state index contributed by atoms with van der Waals surface area (Å²) in [6.07, 6.45) is 4.34. The van der Waals surface area contributed by atoms with Crippen molar-refractivity contribution in [3.63, 3.8) is 0 Å². The van der Waals surface area contributed by atoms with E-state index in [1.54, 1.807) is 5.56 Å². The van der Waals surface area contributed by atoms with E-state index in [0.29, 0.717) is 0 Å². The molecule has 4 unspecified atom stereocenters. The highest BCUT2D eigenvalue weighted by atomic mass is 14.9. The largest absolute Gasteiger partial charge is 0.316 e. The standard InChI is InChI=1S/C14H19N/c1-15-14-12-8-7-11(9-12)13(14)10-5-3-2-4-6-10/h2-6,11-15H,7-9H2,1H3. The Labute approximate surface area is 91.9 Å². The number of rotatable bonds is 2. The van der Waals surface area contributed by atoms with Gasteiger partial charge in [0.25, 0.3) is 0 Å². The predicted molar refractivity (Wildman–Crippen MR) is 62.9 cm³/mol. The molecular formula is C14H19N. The van der Waals surface area contributed by atoms with Crippen LogP contribution in [0.4, 0.5) is 0 Å². The van der Waals surface area contributed by atoms with Gasteiger partial charge in [0.1, 0.15) is 0 Å². The van der Waals surface area contributed by atoms with Crippen LogP contribution in [-0.4, -0.2) is 13.1 Å². The topological polar surface area (TPSA) is 12.0 Å². The molecule has 15 heavy (non-hydrogen) atoms. The Morgan fingerprint density at radius 3 is 2.53 bits per heavy atom. The summed E-state index contributed by atoms with van der Waals surface area (Å²) < 4.78 is 0. The SMILES string of the molecule is CNC1C2CCC(C2)C1c1ccccc1. The van der Waals surface area contributed by atoms with Crippen molar-refractivity contribution in [2.45, 2.75) is 31.2 Å². The van der Waals surface area contributed by atoms with Crippen molar-refractivity contribution in [2.24, 2.45) is 11.8 Å². The predicted octanol–water partition coefficient (Wildman–Crippen LogP) is 2.79. The van der Waals surface area contributed by atoms with Gasteiger partial charge >= 0.3 is 0 Å². The first kappa shape index (κ1) is 9.41. The van der Waals surface area contributed by atoms with E-state index in [1.165, 1.54) is 19.3 Å². The third-order valence-electron chi connectivity index (χ3n) is 4.43. The lowest BCUT2D eigenvalue weighted by Gasteiger charge is -2.31. The number of likely N-dealkylation sites (N-methyl/N-ethyl adjacent to an activating group) is 1. The van der Waals surface area contributed by atoms with E-state index in [0.717, 1.165) is 23.8 Å². The van der Waals surface area contributed by atoms with Crippen molar-refractivity contribution in [2.75, 3.05) is 7.05 Å². The first-order valence-corrected chi connectivity index (χ1v) is 6.12. The van der Waals surface area contributed by atoms with Gasteiger partial charge in [-0.05, 0) is 43.7 Å². The Balaban J connectivity index is 1.92. The minimum Gasteiger partial charge on any atom is -0.316 e. The number of hydrogen-bond donors (Lipinski definition) is 1. The minimum atomic E-state index is 0.728. The molecule has 0 aromatic heterocycles. The lowest BCUT2D eigenvalue weighted by molar-refractivity contribution is 0.326. The molecule has 2 bridgehead atoms. The third kappa shape index (κ3) is 1.41. The van der Waals surface area contributed by atoms with E-state index in [4.69, 9.17) is 0 Å². The van der Waals surface area contributed by atoms with Crippen LogP contribution in [0.3, 0.4) is 0 Å². The fraction of sp³-hybridized carbons (Fsp3) is 0.571. The normalized spacial score (nSPS) is 38.5. The lowest BCUT2D eigenvalue weighted by Crippen LogP contribution is -2.37. The van der Waals surface area contributed by atoms with Crippen LogP contribution >= 0.6 is 0 Å². The van der Waals surface area contributed by atoms with E-state index in [9.17, 15) is 0 Å². The number of hydrogen-bond acceptors (Lipinski definition) is 1. The molecule has 0 radical (unpaired) electrons. The summed E-state index contributed by atoms with van der Waals surface area (Å²) in [5, 5.41) is 3.54. The summed E-state index contributed by atoms with van der Waals surface area (Å²) in [6.45, 7) is 0. The molecule has 0 saturated heterocycles. The van der Waals surface area contributed by atoms with Crippen molar-refractivity contribution in [3.05, 3.63) is 35.9 Å². The molecule has 2 fully saturated rings. The van der Waals surface area contributed by atoms with Crippen molar-refractivity contribution in [1.29, 1.82) is 0 Å². The number of nitrogens with one attached hydrogen (secondary N) is 1. The quantitative estimate of drug-likeness (QED) is 0.776. The molecule has 2 aliphatic carbocycles. The Bertz CT molecular complexity index is 332. The van der Waals surface area contributed by atoms with Crippen molar-refractivity contribution in [1.82, 2.24) is 5.32 Å². The van der Waals surface area contributed by atoms with E-state index in [-0.39, 0.29) is 0 Å². The highest BCUT2D eigenvalue weighted by Crippen LogP contribution is 2.52. The van der Waals surface area contributed by atoms with E-state index >= 15 is 0 Å². The fourth-order valence-corrected chi connectivity index (χ4v) is 3.86. The van der Waals surface area contributed by atoms with Gasteiger partial charge in [-0.1, -0.05) is 30.3 Å². The van der Waals surface area contributed by atoms with Gasteiger partial charge in [0.05, 0.1) is 0 Å². The second kappa shape index (κ2) is 3.64. The fourth-order valence-electron chi connectivity index (χ4n) is 3.86. The summed E-state index contributed by atoms with van der Waals surface area (Å²) in [6, 6.07) is 11.8. The minimum absolute atomic E-state index is 0.728. The van der Waals surface area contributed by atoms with E-state index in [2.05, 4.69) is 42.7 Å². The second-order valence-electron chi connectivity index (χ2n) is 5.08. The molecule has 0 spiro atoms. The van der Waals surface area contributed by atoms with Crippen LogP contribution in [0.15, 0.2) is 30.3 Å². The van der Waals surface area contributed by atoms with Crippen LogP contribution in [0.5, 0.6) is 0 Å². The van der Waals surface area contributed by atoms with E-state index < -0.39 is 0 Å². The molecule has 80 valence electrons. The molecule has 1 heteroatoms. The van der Waals surface area contributed by atoms with Gasteiger partial charge in [0.2, 0.25) is 0 Å². The number of benzene rings is 1. The van der Waals surface area contributed by atoms with Crippen LogP contribution in [0.2, 0.25) is 0 Å². The maximum atomic E-state index is 3.54. The van der Waals surface area contributed by atoms with Crippen molar-refractivity contribution >= 4 is 0 Å². The summed E-state index contributed by atoms with van der Waals surface area (Å²) in [5.41, 5.74) is 1.55. The van der Waals surface area contributed by atoms with Gasteiger partial charge < -0.3 is 5.32 Å². The van der Waals surface area contributed by atoms with Gasteiger partial charge in [-0.3, -0.25) is 0 Å². The molecule has 0 heterocycles. The second-order valence-corrected chi connectivity index (χ2v) is 5.08. The molecule has 3 rings (SSSR count). The maximum absolute atomic E-state index is 3.54. The summed E-state index contributed by atoms with van der Waals surface area (Å²) in [4.78, 5) is 0. The van der Waals surface area contributed by atoms with Gasteiger partial charge in [0.15, 0.2) is 0 Å². The first-order chi connectivity index (χ1) is 7.40. The van der Waals surface area contributed by atoms with Gasteiger partial charge in [0, 0.05) is 12.0 Å². The molecular weight excluding hydrogens is 182 g/mol. The van der Waals surface area contributed by atoms with Crippen LogP contribution in [0, 0.1) is 11.8 Å². The van der Waals surface area contributed by atoms with Crippen LogP contribution in [0.1, 0.15) is 30.7 Å². The molecule has 1 N–H and O–H groups in total. The zero-order valence-corrected chi connectivity index (χ0v) is 9.32. The van der Waals surface area contributed by atoms with Crippen LogP contribution < -0.4 is 5.32 Å². The molecule has 4 atom stereocenters. The monoisotopic (exact) mass is 201 g/mol. The molecule has 1 aromatic rings. The molecule has 0 aliphatic heterocycles. The Hall–Kier alpha value is -0.820.